The highest BCUT2D eigenvalue weighted by Crippen LogP contribution is 2.25. The Hall–Kier alpha value is -0.815. The summed E-state index contributed by atoms with van der Waals surface area (Å²) in [5.74, 6) is 0.842. The first-order valence-electron chi connectivity index (χ1n) is 5.15. The fourth-order valence-electron chi connectivity index (χ4n) is 1.33. The molecule has 0 radical (unpaired) electrons. The minimum atomic E-state index is -1.39. The van der Waals surface area contributed by atoms with Crippen LogP contribution in [0.3, 0.4) is 0 Å². The second kappa shape index (κ2) is 5.68. The van der Waals surface area contributed by atoms with Gasteiger partial charge in [0.05, 0.1) is 0 Å². The maximum Gasteiger partial charge on any atom is 0.488 e. The van der Waals surface area contributed by atoms with Crippen molar-refractivity contribution < 1.29 is 10.0 Å². The molecule has 0 saturated carbocycles. The van der Waals surface area contributed by atoms with Crippen LogP contribution < -0.4 is 5.46 Å². The second-order valence-electron chi connectivity index (χ2n) is 3.66. The molecule has 0 amide bonds. The zero-order valence-electron chi connectivity index (χ0n) is 9.33. The number of thiazole rings is 1. The molecule has 0 atom stereocenters. The molecule has 0 saturated heterocycles. The highest BCUT2D eigenvalue weighted by atomic mass is 32.2. The first kappa shape index (κ1) is 12.6. The lowest BCUT2D eigenvalue weighted by Gasteiger charge is -2.02. The Kier molecular flexibility index (Phi) is 4.23. The van der Waals surface area contributed by atoms with E-state index >= 15 is 0 Å². The maximum absolute atomic E-state index is 8.97. The van der Waals surface area contributed by atoms with Crippen LogP contribution in [0.25, 0.3) is 0 Å². The van der Waals surface area contributed by atoms with Crippen molar-refractivity contribution in [2.45, 2.75) is 17.0 Å². The molecule has 2 aromatic rings. The van der Waals surface area contributed by atoms with Gasteiger partial charge in [0.2, 0.25) is 0 Å². The highest BCUT2D eigenvalue weighted by molar-refractivity contribution is 8.00. The van der Waals surface area contributed by atoms with E-state index in [1.54, 1.807) is 35.2 Å². The minimum absolute atomic E-state index is 0.517. The van der Waals surface area contributed by atoms with E-state index in [4.69, 9.17) is 10.0 Å². The number of hydrogen-bond acceptors (Lipinski definition) is 5. The van der Waals surface area contributed by atoms with Gasteiger partial charge in [-0.2, -0.15) is 0 Å². The van der Waals surface area contributed by atoms with Crippen molar-refractivity contribution in [3.63, 3.8) is 0 Å². The van der Waals surface area contributed by atoms with Gasteiger partial charge in [0.1, 0.15) is 4.34 Å². The fraction of sp³-hybridized carbons (Fsp3) is 0.182. The van der Waals surface area contributed by atoms with E-state index in [0.29, 0.717) is 5.46 Å². The Morgan fingerprint density at radius 1 is 1.29 bits per heavy atom. The van der Waals surface area contributed by atoms with Gasteiger partial charge in [-0.1, -0.05) is 36.0 Å². The predicted octanol–water partition coefficient (Wildman–Crippen LogP) is 1.42. The Balaban J connectivity index is 1.95. The molecule has 0 aliphatic heterocycles. The third-order valence-electron chi connectivity index (χ3n) is 2.24. The molecular formula is C11H12BNO2S2. The van der Waals surface area contributed by atoms with Gasteiger partial charge in [0, 0.05) is 16.8 Å². The standard InChI is InChI=1S/C11H12BNO2S2/c1-8-6-16-11(13-8)17-7-9-2-4-10(5-3-9)12(14)15/h2-6,14-15H,7H2,1H3. The molecule has 1 aromatic carbocycles. The summed E-state index contributed by atoms with van der Waals surface area (Å²) in [5.41, 5.74) is 2.72. The van der Waals surface area contributed by atoms with Crippen molar-refractivity contribution >= 4 is 35.7 Å². The summed E-state index contributed by atoms with van der Waals surface area (Å²) in [4.78, 5) is 4.37. The zero-order chi connectivity index (χ0) is 12.3. The molecule has 17 heavy (non-hydrogen) atoms. The average molecular weight is 265 g/mol. The number of aryl methyl sites for hydroxylation is 1. The molecular weight excluding hydrogens is 253 g/mol. The minimum Gasteiger partial charge on any atom is -0.423 e. The topological polar surface area (TPSA) is 53.4 Å². The average Bonchev–Trinajstić information content (AvgIpc) is 2.73. The van der Waals surface area contributed by atoms with Gasteiger partial charge in [-0.3, -0.25) is 0 Å². The number of thioether (sulfide) groups is 1. The molecule has 1 heterocycles. The highest BCUT2D eigenvalue weighted by Gasteiger charge is 2.09. The second-order valence-corrected chi connectivity index (χ2v) is 5.74. The molecule has 2 rings (SSSR count). The quantitative estimate of drug-likeness (QED) is 0.648. The molecule has 6 heteroatoms. The monoisotopic (exact) mass is 265 g/mol. The van der Waals surface area contributed by atoms with E-state index in [0.717, 1.165) is 21.3 Å². The van der Waals surface area contributed by atoms with Crippen molar-refractivity contribution in [3.05, 3.63) is 40.9 Å². The van der Waals surface area contributed by atoms with Crippen molar-refractivity contribution in [1.29, 1.82) is 0 Å². The molecule has 0 aliphatic carbocycles. The summed E-state index contributed by atoms with van der Waals surface area (Å²) in [6, 6.07) is 7.27. The van der Waals surface area contributed by atoms with Gasteiger partial charge < -0.3 is 10.0 Å². The normalized spacial score (nSPS) is 10.5. The molecule has 0 unspecified atom stereocenters. The van der Waals surface area contributed by atoms with Crippen LogP contribution in [0.1, 0.15) is 11.3 Å². The van der Waals surface area contributed by atoms with E-state index in [1.807, 2.05) is 24.4 Å². The van der Waals surface area contributed by atoms with Crippen molar-refractivity contribution in [2.24, 2.45) is 0 Å². The van der Waals surface area contributed by atoms with Gasteiger partial charge in [-0.25, -0.2) is 4.98 Å². The van der Waals surface area contributed by atoms with E-state index in [1.165, 1.54) is 0 Å². The van der Waals surface area contributed by atoms with Crippen LogP contribution in [0.2, 0.25) is 0 Å². The van der Waals surface area contributed by atoms with Gasteiger partial charge in [-0.15, -0.1) is 11.3 Å². The van der Waals surface area contributed by atoms with Gasteiger partial charge in [0.25, 0.3) is 0 Å². The van der Waals surface area contributed by atoms with Crippen LogP contribution in [0.4, 0.5) is 0 Å². The molecule has 0 fully saturated rings. The first-order chi connectivity index (χ1) is 8.15. The van der Waals surface area contributed by atoms with Crippen molar-refractivity contribution in [2.75, 3.05) is 0 Å². The van der Waals surface area contributed by atoms with Crippen molar-refractivity contribution in [1.82, 2.24) is 4.98 Å². The Labute approximate surface area is 109 Å². The SMILES string of the molecule is Cc1csc(SCc2ccc(B(O)O)cc2)n1. The molecule has 0 aliphatic rings. The lowest BCUT2D eigenvalue weighted by atomic mass is 9.80. The summed E-state index contributed by atoms with van der Waals surface area (Å²) in [6.07, 6.45) is 0. The third kappa shape index (κ3) is 3.57. The summed E-state index contributed by atoms with van der Waals surface area (Å²) < 4.78 is 1.06. The van der Waals surface area contributed by atoms with Gasteiger partial charge in [-0.05, 0) is 17.9 Å². The molecule has 88 valence electrons. The number of nitrogens with zero attached hydrogens (tertiary/aromatic N) is 1. The van der Waals surface area contributed by atoms with Gasteiger partial charge in [0.15, 0.2) is 0 Å². The molecule has 0 spiro atoms. The predicted molar refractivity (Wildman–Crippen MR) is 72.7 cm³/mol. The fourth-order valence-corrected chi connectivity index (χ4v) is 3.13. The number of hydrogen-bond donors (Lipinski definition) is 2. The van der Waals surface area contributed by atoms with Crippen LogP contribution in [-0.2, 0) is 5.75 Å². The van der Waals surface area contributed by atoms with Crippen LogP contribution in [0, 0.1) is 6.92 Å². The number of aromatic nitrogens is 1. The number of rotatable bonds is 4. The molecule has 2 N–H and O–H groups in total. The Morgan fingerprint density at radius 3 is 2.53 bits per heavy atom. The summed E-state index contributed by atoms with van der Waals surface area (Å²) in [6.45, 7) is 1.98. The smallest absolute Gasteiger partial charge is 0.423 e. The Morgan fingerprint density at radius 2 is 2.00 bits per heavy atom. The Bertz CT molecular complexity index is 484. The lowest BCUT2D eigenvalue weighted by molar-refractivity contribution is 0.426. The zero-order valence-corrected chi connectivity index (χ0v) is 11.0. The van der Waals surface area contributed by atoms with E-state index in [9.17, 15) is 0 Å². The van der Waals surface area contributed by atoms with Crippen LogP contribution in [0.15, 0.2) is 34.0 Å². The summed E-state index contributed by atoms with van der Waals surface area (Å²) in [5, 5.41) is 20.0. The summed E-state index contributed by atoms with van der Waals surface area (Å²) >= 11 is 3.34. The summed E-state index contributed by atoms with van der Waals surface area (Å²) in [7, 11) is -1.39. The largest absolute Gasteiger partial charge is 0.488 e. The van der Waals surface area contributed by atoms with E-state index in [-0.39, 0.29) is 0 Å². The van der Waals surface area contributed by atoms with Crippen molar-refractivity contribution in [3.8, 4) is 0 Å². The van der Waals surface area contributed by atoms with Crippen LogP contribution in [-0.4, -0.2) is 22.2 Å². The molecule has 0 bridgehead atoms. The van der Waals surface area contributed by atoms with E-state index < -0.39 is 7.12 Å². The first-order valence-corrected chi connectivity index (χ1v) is 7.01. The van der Waals surface area contributed by atoms with Gasteiger partial charge >= 0.3 is 7.12 Å². The third-order valence-corrected chi connectivity index (χ3v) is 4.45. The van der Waals surface area contributed by atoms with E-state index in [2.05, 4.69) is 4.98 Å². The lowest BCUT2D eigenvalue weighted by Crippen LogP contribution is -2.29. The molecule has 1 aromatic heterocycles. The molecule has 3 nitrogen and oxygen atoms in total. The van der Waals surface area contributed by atoms with Crippen LogP contribution in [0.5, 0.6) is 0 Å². The maximum atomic E-state index is 8.97. The number of benzene rings is 1. The van der Waals surface area contributed by atoms with Crippen LogP contribution >= 0.6 is 23.1 Å².